The third-order valence-electron chi connectivity index (χ3n) is 4.71. The molecule has 148 valence electrons. The highest BCUT2D eigenvalue weighted by Crippen LogP contribution is 2.14. The number of para-hydroxylation sites is 1. The summed E-state index contributed by atoms with van der Waals surface area (Å²) in [6, 6.07) is 12.3. The van der Waals surface area contributed by atoms with Gasteiger partial charge in [0.15, 0.2) is 5.96 Å². The number of piperidine rings is 1. The first-order valence-electron chi connectivity index (χ1n) is 9.62. The fourth-order valence-electron chi connectivity index (χ4n) is 3.27. The van der Waals surface area contributed by atoms with Crippen LogP contribution in [0.2, 0.25) is 0 Å². The van der Waals surface area contributed by atoms with E-state index in [2.05, 4.69) is 43.0 Å². The van der Waals surface area contributed by atoms with Crippen molar-refractivity contribution < 1.29 is 0 Å². The summed E-state index contributed by atoms with van der Waals surface area (Å²) in [5.41, 5.74) is 1.01. The van der Waals surface area contributed by atoms with Crippen molar-refractivity contribution in [1.29, 1.82) is 0 Å². The standard InChI is InChI=1S/C20H30N6.HI/c1-21-20(24-13-16-26-14-5-2-6-15-26)23-12-11-22-19-10-9-17-7-3-4-8-18(17)25-19;/h3-4,7-10H,2,5-6,11-16H2,1H3,(H,22,25)(H2,21,23,24);1H. The number of benzene rings is 1. The van der Waals surface area contributed by atoms with Gasteiger partial charge >= 0.3 is 0 Å². The van der Waals surface area contributed by atoms with E-state index in [0.717, 1.165) is 48.9 Å². The topological polar surface area (TPSA) is 64.6 Å². The average molecular weight is 482 g/mol. The predicted molar refractivity (Wildman–Crippen MR) is 125 cm³/mol. The van der Waals surface area contributed by atoms with Crippen molar-refractivity contribution in [1.82, 2.24) is 20.5 Å². The molecule has 0 radical (unpaired) electrons. The highest BCUT2D eigenvalue weighted by molar-refractivity contribution is 14.0. The Morgan fingerprint density at radius 1 is 1.00 bits per heavy atom. The van der Waals surface area contributed by atoms with Crippen LogP contribution in [0.4, 0.5) is 5.82 Å². The number of aliphatic imine (C=N–C) groups is 1. The highest BCUT2D eigenvalue weighted by atomic mass is 127. The molecule has 0 unspecified atom stereocenters. The molecule has 2 heterocycles. The Morgan fingerprint density at radius 2 is 1.78 bits per heavy atom. The van der Waals surface area contributed by atoms with Gasteiger partial charge in [-0.15, -0.1) is 24.0 Å². The Labute approximate surface area is 179 Å². The van der Waals surface area contributed by atoms with Crippen molar-refractivity contribution in [3.63, 3.8) is 0 Å². The van der Waals surface area contributed by atoms with Gasteiger partial charge in [0.05, 0.1) is 5.52 Å². The second kappa shape index (κ2) is 12.0. The number of fused-ring (bicyclic) bond motifs is 1. The molecule has 1 aromatic heterocycles. The molecule has 27 heavy (non-hydrogen) atoms. The van der Waals surface area contributed by atoms with Gasteiger partial charge in [-0.1, -0.05) is 24.6 Å². The van der Waals surface area contributed by atoms with E-state index < -0.39 is 0 Å². The highest BCUT2D eigenvalue weighted by Gasteiger charge is 2.09. The Bertz CT molecular complexity index is 714. The van der Waals surface area contributed by atoms with Gasteiger partial charge < -0.3 is 20.9 Å². The van der Waals surface area contributed by atoms with Gasteiger partial charge in [-0.05, 0) is 44.1 Å². The van der Waals surface area contributed by atoms with Crippen LogP contribution in [0.1, 0.15) is 19.3 Å². The molecular formula is C20H31IN6. The first-order chi connectivity index (χ1) is 12.8. The summed E-state index contributed by atoms with van der Waals surface area (Å²) >= 11 is 0. The molecule has 0 aliphatic carbocycles. The minimum absolute atomic E-state index is 0. The first-order valence-corrected chi connectivity index (χ1v) is 9.62. The van der Waals surface area contributed by atoms with Crippen molar-refractivity contribution in [2.24, 2.45) is 4.99 Å². The Balaban J connectivity index is 0.00000261. The molecule has 1 aliphatic rings. The Hall–Kier alpha value is -1.61. The van der Waals surface area contributed by atoms with Crippen LogP contribution in [0.5, 0.6) is 0 Å². The van der Waals surface area contributed by atoms with Crippen LogP contribution in [0.3, 0.4) is 0 Å². The summed E-state index contributed by atoms with van der Waals surface area (Å²) in [7, 11) is 1.81. The lowest BCUT2D eigenvalue weighted by Crippen LogP contribution is -2.43. The van der Waals surface area contributed by atoms with Crippen LogP contribution >= 0.6 is 24.0 Å². The first kappa shape index (κ1) is 21.7. The maximum absolute atomic E-state index is 4.62. The number of hydrogen-bond acceptors (Lipinski definition) is 4. The third kappa shape index (κ3) is 7.14. The van der Waals surface area contributed by atoms with Crippen LogP contribution in [-0.2, 0) is 0 Å². The van der Waals surface area contributed by atoms with E-state index in [1.807, 2.05) is 31.3 Å². The Kier molecular flexibility index (Phi) is 9.61. The molecule has 0 bridgehead atoms. The lowest BCUT2D eigenvalue weighted by Gasteiger charge is -2.26. The lowest BCUT2D eigenvalue weighted by atomic mass is 10.1. The molecule has 0 amide bonds. The number of guanidine groups is 1. The van der Waals surface area contributed by atoms with E-state index in [9.17, 15) is 0 Å². The summed E-state index contributed by atoms with van der Waals surface area (Å²) in [6.07, 6.45) is 4.05. The number of rotatable bonds is 7. The number of likely N-dealkylation sites (tertiary alicyclic amines) is 1. The number of pyridine rings is 1. The van der Waals surface area contributed by atoms with Crippen LogP contribution in [-0.4, -0.2) is 62.2 Å². The van der Waals surface area contributed by atoms with E-state index in [0.29, 0.717) is 0 Å². The normalized spacial score (nSPS) is 15.2. The van der Waals surface area contributed by atoms with E-state index in [1.54, 1.807) is 0 Å². The van der Waals surface area contributed by atoms with Crippen molar-refractivity contribution in [3.05, 3.63) is 36.4 Å². The molecule has 1 aliphatic heterocycles. The van der Waals surface area contributed by atoms with E-state index in [1.165, 1.54) is 32.4 Å². The van der Waals surface area contributed by atoms with Gasteiger partial charge in [0.1, 0.15) is 5.82 Å². The monoisotopic (exact) mass is 482 g/mol. The Morgan fingerprint density at radius 3 is 2.59 bits per heavy atom. The molecule has 0 spiro atoms. The molecule has 3 rings (SSSR count). The van der Waals surface area contributed by atoms with E-state index >= 15 is 0 Å². The van der Waals surface area contributed by atoms with E-state index in [-0.39, 0.29) is 24.0 Å². The fraction of sp³-hybridized carbons (Fsp3) is 0.500. The van der Waals surface area contributed by atoms with Crippen LogP contribution < -0.4 is 16.0 Å². The third-order valence-corrected chi connectivity index (χ3v) is 4.71. The summed E-state index contributed by atoms with van der Waals surface area (Å²) in [5, 5.41) is 11.3. The smallest absolute Gasteiger partial charge is 0.191 e. The zero-order valence-corrected chi connectivity index (χ0v) is 18.4. The van der Waals surface area contributed by atoms with Crippen LogP contribution in [0, 0.1) is 0 Å². The number of anilines is 1. The molecule has 6 nitrogen and oxygen atoms in total. The van der Waals surface area contributed by atoms with Crippen molar-refractivity contribution in [2.75, 3.05) is 51.6 Å². The summed E-state index contributed by atoms with van der Waals surface area (Å²) in [6.45, 7) is 6.06. The summed E-state index contributed by atoms with van der Waals surface area (Å²) in [5.74, 6) is 1.76. The molecule has 1 aromatic carbocycles. The predicted octanol–water partition coefficient (Wildman–Crippen LogP) is 2.92. The van der Waals surface area contributed by atoms with Gasteiger partial charge in [0.2, 0.25) is 0 Å². The summed E-state index contributed by atoms with van der Waals surface area (Å²) in [4.78, 5) is 11.4. The van der Waals surface area contributed by atoms with Crippen molar-refractivity contribution in [2.45, 2.75) is 19.3 Å². The van der Waals surface area contributed by atoms with Crippen molar-refractivity contribution in [3.8, 4) is 0 Å². The molecule has 2 aromatic rings. The largest absolute Gasteiger partial charge is 0.368 e. The number of halogens is 1. The molecule has 0 atom stereocenters. The fourth-order valence-corrected chi connectivity index (χ4v) is 3.27. The summed E-state index contributed by atoms with van der Waals surface area (Å²) < 4.78 is 0. The van der Waals surface area contributed by atoms with Gasteiger partial charge in [0, 0.05) is 38.6 Å². The van der Waals surface area contributed by atoms with Gasteiger partial charge in [0.25, 0.3) is 0 Å². The van der Waals surface area contributed by atoms with Gasteiger partial charge in [-0.3, -0.25) is 4.99 Å². The second-order valence-corrected chi connectivity index (χ2v) is 6.64. The van der Waals surface area contributed by atoms with Crippen LogP contribution in [0.25, 0.3) is 10.9 Å². The van der Waals surface area contributed by atoms with Gasteiger partial charge in [-0.25, -0.2) is 4.98 Å². The lowest BCUT2D eigenvalue weighted by molar-refractivity contribution is 0.232. The second-order valence-electron chi connectivity index (χ2n) is 6.64. The van der Waals surface area contributed by atoms with Crippen molar-refractivity contribution >= 4 is 46.7 Å². The van der Waals surface area contributed by atoms with Crippen LogP contribution in [0.15, 0.2) is 41.4 Å². The molecule has 0 saturated carbocycles. The zero-order chi connectivity index (χ0) is 18.0. The molecule has 3 N–H and O–H groups in total. The number of nitrogens with zero attached hydrogens (tertiary/aromatic N) is 3. The number of aromatic nitrogens is 1. The molecule has 1 fully saturated rings. The minimum Gasteiger partial charge on any atom is -0.368 e. The molecular weight excluding hydrogens is 451 g/mol. The SMILES string of the molecule is CN=C(NCCNc1ccc2ccccc2n1)NCCN1CCCCC1.I. The zero-order valence-electron chi connectivity index (χ0n) is 16.1. The maximum Gasteiger partial charge on any atom is 0.191 e. The minimum atomic E-state index is 0. The molecule has 7 heteroatoms. The van der Waals surface area contributed by atoms with Gasteiger partial charge in [-0.2, -0.15) is 0 Å². The quantitative estimate of drug-likeness (QED) is 0.245. The number of nitrogens with one attached hydrogen (secondary N) is 3. The van der Waals surface area contributed by atoms with E-state index in [4.69, 9.17) is 0 Å². The maximum atomic E-state index is 4.62. The molecule has 1 saturated heterocycles. The average Bonchev–Trinajstić information content (AvgIpc) is 2.70. The number of hydrogen-bond donors (Lipinski definition) is 3.